The third-order valence-corrected chi connectivity index (χ3v) is 16.3. The van der Waals surface area contributed by atoms with Gasteiger partial charge in [0.15, 0.2) is 0 Å². The average Bonchev–Trinajstić information content (AvgIpc) is 3.37. The minimum absolute atomic E-state index is 0.383. The number of nitrogens with zero attached hydrogens (tertiary/aromatic N) is 4. The van der Waals surface area contributed by atoms with Gasteiger partial charge in [0.2, 0.25) is 0 Å². The van der Waals surface area contributed by atoms with E-state index in [4.69, 9.17) is 28.4 Å². The highest BCUT2D eigenvalue weighted by molar-refractivity contribution is 7.50. The monoisotopic (exact) mass is 888 g/mol. The SMILES string of the molecule is COc1cc2c3cc1COc1ccc(cc1)CN1CCN4CCN5Cc6ccc(cc6)OCc6cc(c(cc6OC)Cc6cc(c(OC)cc6C3)COc3ccc(cc3)CN(CC4)P15)C2. The first kappa shape index (κ1) is 42.1. The molecule has 3 unspecified atom stereocenters. The van der Waals surface area contributed by atoms with E-state index in [0.717, 1.165) is 129 Å². The first-order chi connectivity index (χ1) is 31.9. The van der Waals surface area contributed by atoms with Crippen LogP contribution in [0.15, 0.2) is 109 Å². The summed E-state index contributed by atoms with van der Waals surface area (Å²) < 4.78 is 46.5. The maximum Gasteiger partial charge on any atom is 0.125 e. The molecule has 1 aliphatic carbocycles. The van der Waals surface area contributed by atoms with E-state index < -0.39 is 8.37 Å². The highest BCUT2D eigenvalue weighted by Crippen LogP contribution is 2.52. The predicted molar refractivity (Wildman–Crippen MR) is 254 cm³/mol. The van der Waals surface area contributed by atoms with Crippen molar-refractivity contribution in [3.05, 3.63) is 176 Å². The Labute approximate surface area is 384 Å². The highest BCUT2D eigenvalue weighted by Gasteiger charge is 2.37. The Bertz CT molecular complexity index is 2380. The van der Waals surface area contributed by atoms with Crippen LogP contribution in [0.25, 0.3) is 0 Å². The third-order valence-electron chi connectivity index (χ3n) is 13.8. The molecule has 0 N–H and O–H groups in total. The fourth-order valence-electron chi connectivity index (χ4n) is 10.2. The van der Waals surface area contributed by atoms with Gasteiger partial charge in [0.1, 0.15) is 62.7 Å². The van der Waals surface area contributed by atoms with Gasteiger partial charge in [-0.3, -0.25) is 18.9 Å². The van der Waals surface area contributed by atoms with Gasteiger partial charge in [-0.15, -0.1) is 0 Å². The molecular weight excluding hydrogens is 832 g/mol. The quantitative estimate of drug-likeness (QED) is 0.160. The topological polar surface area (TPSA) is 68.3 Å². The van der Waals surface area contributed by atoms with Gasteiger partial charge in [-0.05, 0) is 142 Å². The molecule has 6 aromatic carbocycles. The lowest BCUT2D eigenvalue weighted by molar-refractivity contribution is 0.159. The lowest BCUT2D eigenvalue weighted by Crippen LogP contribution is -2.51. The predicted octanol–water partition coefficient (Wildman–Crippen LogP) is 9.52. The average molecular weight is 889 g/mol. The maximum atomic E-state index is 6.61. The zero-order valence-corrected chi connectivity index (χ0v) is 38.6. The Morgan fingerprint density at radius 3 is 0.954 bits per heavy atom. The van der Waals surface area contributed by atoms with Crippen molar-refractivity contribution in [2.45, 2.75) is 58.7 Å². The second kappa shape index (κ2) is 18.3. The molecule has 10 nitrogen and oxygen atoms in total. The number of ether oxygens (including phenoxy) is 6. The van der Waals surface area contributed by atoms with Crippen LogP contribution < -0.4 is 28.4 Å². The Hall–Kier alpha value is -5.61. The number of methoxy groups -OCH3 is 3. The van der Waals surface area contributed by atoms with Crippen molar-refractivity contribution in [2.75, 3.05) is 60.6 Å². The maximum absolute atomic E-state index is 6.61. The highest BCUT2D eigenvalue weighted by atomic mass is 31.2. The van der Waals surface area contributed by atoms with Gasteiger partial charge in [-0.25, -0.2) is 0 Å². The number of hydrogen-bond donors (Lipinski definition) is 0. The van der Waals surface area contributed by atoms with Crippen LogP contribution in [0.5, 0.6) is 34.5 Å². The third kappa shape index (κ3) is 8.91. The van der Waals surface area contributed by atoms with E-state index in [2.05, 4.69) is 128 Å². The molecule has 334 valence electrons. The molecule has 65 heavy (non-hydrogen) atoms. The molecule has 0 aromatic heterocycles. The number of hydrogen-bond acceptors (Lipinski definition) is 10. The molecule has 0 saturated carbocycles. The van der Waals surface area contributed by atoms with Crippen molar-refractivity contribution in [2.24, 2.45) is 0 Å². The first-order valence-electron chi connectivity index (χ1n) is 22.9. The zero-order chi connectivity index (χ0) is 43.9. The van der Waals surface area contributed by atoms with E-state index in [1.165, 1.54) is 50.1 Å². The minimum Gasteiger partial charge on any atom is -0.496 e. The zero-order valence-electron chi connectivity index (χ0n) is 37.7. The number of rotatable bonds is 3. The van der Waals surface area contributed by atoms with Crippen molar-refractivity contribution < 1.29 is 28.4 Å². The van der Waals surface area contributed by atoms with E-state index in [9.17, 15) is 0 Å². The van der Waals surface area contributed by atoms with Gasteiger partial charge in [-0.1, -0.05) is 36.4 Å². The normalized spacial score (nSPS) is 22.3. The largest absolute Gasteiger partial charge is 0.496 e. The summed E-state index contributed by atoms with van der Waals surface area (Å²) in [5.74, 6) is 4.98. The van der Waals surface area contributed by atoms with Crippen LogP contribution in [0.2, 0.25) is 0 Å². The van der Waals surface area contributed by atoms with Crippen LogP contribution in [0.3, 0.4) is 0 Å². The summed E-state index contributed by atoms with van der Waals surface area (Å²) in [6.45, 7) is 9.86. The van der Waals surface area contributed by atoms with Crippen molar-refractivity contribution >= 4 is 8.37 Å². The summed E-state index contributed by atoms with van der Waals surface area (Å²) in [6.07, 6.45) is 2.16. The number of fused-ring (bicyclic) bond motifs is 4. The fraction of sp³-hybridized carbons (Fsp3) is 0.333. The Morgan fingerprint density at radius 1 is 0.369 bits per heavy atom. The molecule has 19 heterocycles. The van der Waals surface area contributed by atoms with Crippen molar-refractivity contribution in [3.8, 4) is 34.5 Å². The molecule has 0 spiro atoms. The standard InChI is InChI=1S/C54H57N4O6P/c1-59-52-28-43-22-41-26-47-35-63-50-12-6-38(7-13-50)32-57-20-17-55-16-19-56-31-37-4-10-49(11-5-37)62-34-46(52)25-40(43)23-44-29-53(60-2)48(27-42(44)24-45(41)30-54(47)61-3)36-64-51-14-8-39(9-15-51)33-58(21-18-55)65(56)57/h4-15,25-30H,16-24,31-36H2,1-3H3. The smallest absolute Gasteiger partial charge is 0.125 e. The van der Waals surface area contributed by atoms with E-state index in [1.807, 2.05) is 0 Å². The fourth-order valence-corrected chi connectivity index (χ4v) is 12.9. The summed E-state index contributed by atoms with van der Waals surface area (Å²) in [4.78, 5) is 2.65. The molecular formula is C54H57N4O6P. The van der Waals surface area contributed by atoms with E-state index in [-0.39, 0.29) is 0 Å². The lowest BCUT2D eigenvalue weighted by atomic mass is 9.92. The summed E-state index contributed by atoms with van der Waals surface area (Å²) in [6, 6.07) is 39.9. The van der Waals surface area contributed by atoms with Gasteiger partial charge in [0.25, 0.3) is 0 Å². The van der Waals surface area contributed by atoms with Crippen LogP contribution in [-0.4, -0.2) is 79.5 Å². The summed E-state index contributed by atoms with van der Waals surface area (Å²) in [5.41, 5.74) is 14.2. The van der Waals surface area contributed by atoms with E-state index >= 15 is 0 Å². The van der Waals surface area contributed by atoms with Crippen LogP contribution in [-0.2, 0) is 58.7 Å². The first-order valence-corrected chi connectivity index (χ1v) is 24.1. The second-order valence-electron chi connectivity index (χ2n) is 17.9. The lowest BCUT2D eigenvalue weighted by Gasteiger charge is -2.50. The molecule has 20 bridgehead atoms. The molecule has 3 saturated heterocycles. The van der Waals surface area contributed by atoms with Gasteiger partial charge in [-0.2, -0.15) is 0 Å². The summed E-state index contributed by atoms with van der Waals surface area (Å²) in [7, 11) is 4.42. The second-order valence-corrected chi connectivity index (χ2v) is 20.1. The molecule has 3 atom stereocenters. The minimum atomic E-state index is -0.847. The van der Waals surface area contributed by atoms with Gasteiger partial charge in [0, 0.05) is 75.6 Å². The van der Waals surface area contributed by atoms with Gasteiger partial charge in [0.05, 0.1) is 21.3 Å². The van der Waals surface area contributed by atoms with E-state index in [1.54, 1.807) is 21.3 Å². The van der Waals surface area contributed by atoms with Crippen molar-refractivity contribution in [1.29, 1.82) is 0 Å². The molecule has 0 amide bonds. The van der Waals surface area contributed by atoms with Crippen molar-refractivity contribution in [3.63, 3.8) is 0 Å². The Morgan fingerprint density at radius 2 is 0.662 bits per heavy atom. The van der Waals surface area contributed by atoms with E-state index in [0.29, 0.717) is 19.8 Å². The van der Waals surface area contributed by atoms with Crippen LogP contribution in [0.4, 0.5) is 0 Å². The van der Waals surface area contributed by atoms with Crippen LogP contribution in [0, 0.1) is 0 Å². The molecule has 6 aromatic rings. The Balaban J connectivity index is 1.11. The van der Waals surface area contributed by atoms with Crippen molar-refractivity contribution in [1.82, 2.24) is 18.9 Å². The van der Waals surface area contributed by atoms with Crippen LogP contribution in [0.1, 0.15) is 66.8 Å². The Kier molecular flexibility index (Phi) is 11.9. The molecule has 20 aliphatic rings. The summed E-state index contributed by atoms with van der Waals surface area (Å²) >= 11 is 0. The molecule has 3 fully saturated rings. The molecule has 11 heteroatoms. The van der Waals surface area contributed by atoms with Gasteiger partial charge >= 0.3 is 0 Å². The molecule has 19 aliphatic heterocycles. The molecule has 0 radical (unpaired) electrons. The summed E-state index contributed by atoms with van der Waals surface area (Å²) in [5, 5.41) is 0. The van der Waals surface area contributed by atoms with Gasteiger partial charge < -0.3 is 28.4 Å². The number of benzene rings is 6. The van der Waals surface area contributed by atoms with Crippen LogP contribution >= 0.6 is 8.37 Å². The molecule has 26 rings (SSSR count).